The van der Waals surface area contributed by atoms with E-state index in [0.717, 1.165) is 25.2 Å². The lowest BCUT2D eigenvalue weighted by Gasteiger charge is -2.19. The lowest BCUT2D eigenvalue weighted by atomic mass is 10.1. The molecule has 0 unspecified atom stereocenters. The first-order valence-corrected chi connectivity index (χ1v) is 9.99. The number of hydrogen-bond donors (Lipinski definition) is 2. The van der Waals surface area contributed by atoms with Crippen molar-refractivity contribution in [3.05, 3.63) is 30.1 Å². The van der Waals surface area contributed by atoms with Gasteiger partial charge in [0.05, 0.1) is 11.5 Å². The Balaban J connectivity index is 1.41. The van der Waals surface area contributed by atoms with Crippen LogP contribution in [-0.2, 0) is 9.84 Å². The zero-order chi connectivity index (χ0) is 17.2. The Labute approximate surface area is 141 Å². The monoisotopic (exact) mass is 355 g/mol. The van der Waals surface area contributed by atoms with Gasteiger partial charge < -0.3 is 15.5 Å². The van der Waals surface area contributed by atoms with Crippen molar-refractivity contribution in [3.8, 4) is 0 Å². The van der Waals surface area contributed by atoms with Gasteiger partial charge in [0.2, 0.25) is 0 Å². The van der Waals surface area contributed by atoms with Gasteiger partial charge in [0.25, 0.3) is 0 Å². The van der Waals surface area contributed by atoms with Crippen molar-refractivity contribution in [2.45, 2.75) is 18.9 Å². The van der Waals surface area contributed by atoms with E-state index in [2.05, 4.69) is 15.5 Å². The third kappa shape index (κ3) is 4.37. The second kappa shape index (κ2) is 6.96. The van der Waals surface area contributed by atoms with E-state index in [1.165, 1.54) is 12.1 Å². The highest BCUT2D eigenvalue weighted by molar-refractivity contribution is 7.91. The van der Waals surface area contributed by atoms with Gasteiger partial charge in [-0.1, -0.05) is 0 Å². The van der Waals surface area contributed by atoms with Crippen LogP contribution in [0.25, 0.3) is 0 Å². The maximum atomic E-state index is 13.0. The van der Waals surface area contributed by atoms with Crippen LogP contribution in [0, 0.1) is 11.7 Å². The number of benzene rings is 1. The number of nitrogens with one attached hydrogen (secondary N) is 2. The molecule has 2 saturated heterocycles. The molecule has 3 rings (SSSR count). The molecule has 2 fully saturated rings. The van der Waals surface area contributed by atoms with Gasteiger partial charge in [-0.25, -0.2) is 17.6 Å². The van der Waals surface area contributed by atoms with Gasteiger partial charge in [-0.2, -0.15) is 0 Å². The summed E-state index contributed by atoms with van der Waals surface area (Å²) in [5.41, 5.74) is 0.986. The van der Waals surface area contributed by atoms with Crippen molar-refractivity contribution >= 4 is 21.6 Å². The summed E-state index contributed by atoms with van der Waals surface area (Å²) >= 11 is 0. The molecule has 0 radical (unpaired) electrons. The van der Waals surface area contributed by atoms with Gasteiger partial charge in [-0.05, 0) is 43.0 Å². The summed E-state index contributed by atoms with van der Waals surface area (Å²) in [4.78, 5) is 14.1. The Morgan fingerprint density at radius 1 is 1.25 bits per heavy atom. The average Bonchev–Trinajstić information content (AvgIpc) is 3.12. The standard InChI is InChI=1S/C16H22FN3O3S/c17-13-1-3-15(4-2-13)20-7-5-12(10-20)9-18-16(21)19-14-6-8-24(22,23)11-14/h1-4,12,14H,5-11H2,(H2,18,19,21)/t12-,14-/m1/s1. The molecule has 0 bridgehead atoms. The highest BCUT2D eigenvalue weighted by atomic mass is 32.2. The quantitative estimate of drug-likeness (QED) is 0.849. The third-order valence-electron chi connectivity index (χ3n) is 4.60. The smallest absolute Gasteiger partial charge is 0.315 e. The average molecular weight is 355 g/mol. The maximum Gasteiger partial charge on any atom is 0.315 e. The van der Waals surface area contributed by atoms with Crippen molar-refractivity contribution in [1.82, 2.24) is 10.6 Å². The molecule has 1 aromatic rings. The fourth-order valence-electron chi connectivity index (χ4n) is 3.27. The normalized spacial score (nSPS) is 25.6. The molecule has 0 spiro atoms. The minimum Gasteiger partial charge on any atom is -0.371 e. The van der Waals surface area contributed by atoms with Crippen LogP contribution in [0.15, 0.2) is 24.3 Å². The summed E-state index contributed by atoms with van der Waals surface area (Å²) in [5.74, 6) is 0.255. The van der Waals surface area contributed by atoms with E-state index >= 15 is 0 Å². The molecule has 2 amide bonds. The number of urea groups is 1. The van der Waals surface area contributed by atoms with Crippen molar-refractivity contribution in [2.24, 2.45) is 5.92 Å². The van der Waals surface area contributed by atoms with Gasteiger partial charge in [-0.3, -0.25) is 0 Å². The zero-order valence-corrected chi connectivity index (χ0v) is 14.2. The first-order valence-electron chi connectivity index (χ1n) is 8.16. The summed E-state index contributed by atoms with van der Waals surface area (Å²) in [6, 6.07) is 5.83. The van der Waals surface area contributed by atoms with Crippen LogP contribution in [0.2, 0.25) is 0 Å². The Hall–Kier alpha value is -1.83. The second-order valence-electron chi connectivity index (χ2n) is 6.53. The first-order chi connectivity index (χ1) is 11.4. The van der Waals surface area contributed by atoms with E-state index in [0.29, 0.717) is 18.9 Å². The number of nitrogens with zero attached hydrogens (tertiary/aromatic N) is 1. The molecule has 1 aromatic carbocycles. The number of carbonyl (C=O) groups is 1. The van der Waals surface area contributed by atoms with Crippen LogP contribution in [0.3, 0.4) is 0 Å². The van der Waals surface area contributed by atoms with Crippen molar-refractivity contribution in [3.63, 3.8) is 0 Å². The topological polar surface area (TPSA) is 78.5 Å². The fraction of sp³-hybridized carbons (Fsp3) is 0.562. The van der Waals surface area contributed by atoms with E-state index in [-0.39, 0.29) is 29.4 Å². The molecule has 8 heteroatoms. The number of sulfone groups is 1. The third-order valence-corrected chi connectivity index (χ3v) is 6.36. The van der Waals surface area contributed by atoms with Crippen LogP contribution < -0.4 is 15.5 Å². The SMILES string of the molecule is O=C(NC[C@H]1CCN(c2ccc(F)cc2)C1)N[C@@H]1CCS(=O)(=O)C1. The molecule has 0 aromatic heterocycles. The molecule has 0 saturated carbocycles. The minimum absolute atomic E-state index is 0.0300. The van der Waals surface area contributed by atoms with Crippen molar-refractivity contribution in [2.75, 3.05) is 36.0 Å². The predicted molar refractivity (Wildman–Crippen MR) is 90.3 cm³/mol. The molecule has 24 heavy (non-hydrogen) atoms. The van der Waals surface area contributed by atoms with Gasteiger partial charge in [0.15, 0.2) is 9.84 Å². The fourth-order valence-corrected chi connectivity index (χ4v) is 4.94. The molecule has 2 aliphatic heterocycles. The summed E-state index contributed by atoms with van der Waals surface area (Å²) < 4.78 is 35.7. The van der Waals surface area contributed by atoms with E-state index in [4.69, 9.17) is 0 Å². The molecule has 6 nitrogen and oxygen atoms in total. The largest absolute Gasteiger partial charge is 0.371 e. The highest BCUT2D eigenvalue weighted by Gasteiger charge is 2.29. The van der Waals surface area contributed by atoms with Crippen LogP contribution in [-0.4, -0.2) is 51.6 Å². The van der Waals surface area contributed by atoms with Gasteiger partial charge in [-0.15, -0.1) is 0 Å². The number of rotatable bonds is 4. The molecule has 0 aliphatic carbocycles. The van der Waals surface area contributed by atoms with Crippen LogP contribution in [0.1, 0.15) is 12.8 Å². The van der Waals surface area contributed by atoms with Crippen LogP contribution >= 0.6 is 0 Å². The maximum absolute atomic E-state index is 13.0. The number of hydrogen-bond acceptors (Lipinski definition) is 4. The predicted octanol–water partition coefficient (Wildman–Crippen LogP) is 1.14. The summed E-state index contributed by atoms with van der Waals surface area (Å²) in [6.07, 6.45) is 1.44. The Morgan fingerprint density at radius 3 is 2.67 bits per heavy atom. The summed E-state index contributed by atoms with van der Waals surface area (Å²) in [5, 5.41) is 5.55. The highest BCUT2D eigenvalue weighted by Crippen LogP contribution is 2.23. The molecular weight excluding hydrogens is 333 g/mol. The molecule has 2 N–H and O–H groups in total. The van der Waals surface area contributed by atoms with Gasteiger partial charge in [0.1, 0.15) is 5.82 Å². The Kier molecular flexibility index (Phi) is 4.93. The van der Waals surface area contributed by atoms with E-state index in [1.54, 1.807) is 12.1 Å². The van der Waals surface area contributed by atoms with Crippen molar-refractivity contribution in [1.29, 1.82) is 0 Å². The van der Waals surface area contributed by atoms with Crippen molar-refractivity contribution < 1.29 is 17.6 Å². The van der Waals surface area contributed by atoms with Gasteiger partial charge >= 0.3 is 6.03 Å². The lowest BCUT2D eigenvalue weighted by Crippen LogP contribution is -2.44. The van der Waals surface area contributed by atoms with Gasteiger partial charge in [0, 0.05) is 31.4 Å². The number of carbonyl (C=O) groups excluding carboxylic acids is 1. The molecular formula is C16H22FN3O3S. The molecule has 2 atom stereocenters. The van der Waals surface area contributed by atoms with E-state index in [9.17, 15) is 17.6 Å². The number of anilines is 1. The Bertz CT molecular complexity index is 693. The van der Waals surface area contributed by atoms with Crippen LogP contribution in [0.4, 0.5) is 14.9 Å². The first kappa shape index (κ1) is 17.0. The summed E-state index contributed by atoms with van der Waals surface area (Å²) in [6.45, 7) is 2.23. The number of halogens is 1. The molecule has 2 aliphatic rings. The zero-order valence-electron chi connectivity index (χ0n) is 13.4. The van der Waals surface area contributed by atoms with Crippen LogP contribution in [0.5, 0.6) is 0 Å². The lowest BCUT2D eigenvalue weighted by molar-refractivity contribution is 0.236. The number of amides is 2. The molecule has 132 valence electrons. The molecule has 2 heterocycles. The van der Waals surface area contributed by atoms with E-state index in [1.807, 2.05) is 0 Å². The summed E-state index contributed by atoms with van der Waals surface area (Å²) in [7, 11) is -2.99. The minimum atomic E-state index is -2.99. The van der Waals surface area contributed by atoms with E-state index < -0.39 is 9.84 Å². The Morgan fingerprint density at radius 2 is 2.00 bits per heavy atom. The second-order valence-corrected chi connectivity index (χ2v) is 8.76.